The molecule has 72 valence electrons. The number of hydrogen-bond donors (Lipinski definition) is 2. The maximum absolute atomic E-state index is 11.9. The van der Waals surface area contributed by atoms with E-state index in [2.05, 4.69) is 0 Å². The van der Waals surface area contributed by atoms with Crippen LogP contribution in [0.2, 0.25) is 0 Å². The first-order valence-electron chi connectivity index (χ1n) is 3.35. The summed E-state index contributed by atoms with van der Waals surface area (Å²) in [6.07, 6.45) is -4.77. The average molecular weight is 185 g/mol. The SMILES string of the molecule is CC[C@@H](C(=O)O)[C@@H](N)C(F)(F)F. The van der Waals surface area contributed by atoms with E-state index in [4.69, 9.17) is 10.8 Å². The van der Waals surface area contributed by atoms with E-state index in [9.17, 15) is 18.0 Å². The van der Waals surface area contributed by atoms with Gasteiger partial charge < -0.3 is 10.8 Å². The van der Waals surface area contributed by atoms with E-state index < -0.39 is 24.1 Å². The van der Waals surface area contributed by atoms with Gasteiger partial charge in [0.2, 0.25) is 0 Å². The summed E-state index contributed by atoms with van der Waals surface area (Å²) in [6, 6.07) is -2.28. The van der Waals surface area contributed by atoms with E-state index in [1.807, 2.05) is 0 Å². The maximum atomic E-state index is 11.9. The van der Waals surface area contributed by atoms with Crippen LogP contribution in [0.4, 0.5) is 13.2 Å². The van der Waals surface area contributed by atoms with Crippen LogP contribution >= 0.6 is 0 Å². The fourth-order valence-electron chi connectivity index (χ4n) is 0.810. The molecular weight excluding hydrogens is 175 g/mol. The van der Waals surface area contributed by atoms with Crippen molar-refractivity contribution >= 4 is 5.97 Å². The van der Waals surface area contributed by atoms with Gasteiger partial charge in [0.05, 0.1) is 5.92 Å². The molecule has 0 unspecified atom stereocenters. The Balaban J connectivity index is 4.42. The van der Waals surface area contributed by atoms with E-state index in [0.717, 1.165) is 0 Å². The van der Waals surface area contributed by atoms with Gasteiger partial charge in [-0.1, -0.05) is 6.92 Å². The number of hydrogen-bond acceptors (Lipinski definition) is 2. The van der Waals surface area contributed by atoms with Crippen molar-refractivity contribution in [2.75, 3.05) is 0 Å². The predicted molar refractivity (Wildman–Crippen MR) is 35.4 cm³/mol. The molecule has 0 aliphatic rings. The predicted octanol–water partition coefficient (Wildman–Crippen LogP) is 0.987. The molecule has 0 aromatic heterocycles. The van der Waals surface area contributed by atoms with Crippen LogP contribution in [0.15, 0.2) is 0 Å². The number of aliphatic carboxylic acids is 1. The van der Waals surface area contributed by atoms with Crippen molar-refractivity contribution in [3.8, 4) is 0 Å². The minimum absolute atomic E-state index is 0.129. The highest BCUT2D eigenvalue weighted by Crippen LogP contribution is 2.25. The summed E-state index contributed by atoms with van der Waals surface area (Å²) in [4.78, 5) is 10.2. The third-order valence-corrected chi connectivity index (χ3v) is 1.57. The summed E-state index contributed by atoms with van der Waals surface area (Å²) in [5, 5.41) is 8.33. The van der Waals surface area contributed by atoms with Crippen LogP contribution < -0.4 is 5.73 Å². The lowest BCUT2D eigenvalue weighted by molar-refractivity contribution is -0.173. The summed E-state index contributed by atoms with van der Waals surface area (Å²) in [6.45, 7) is 1.35. The lowest BCUT2D eigenvalue weighted by Gasteiger charge is -2.20. The lowest BCUT2D eigenvalue weighted by atomic mass is 9.97. The lowest BCUT2D eigenvalue weighted by Crippen LogP contribution is -2.46. The Morgan fingerprint density at radius 1 is 1.58 bits per heavy atom. The van der Waals surface area contributed by atoms with E-state index in [-0.39, 0.29) is 6.42 Å². The smallest absolute Gasteiger partial charge is 0.404 e. The molecule has 0 aromatic carbocycles. The normalized spacial score (nSPS) is 17.1. The number of rotatable bonds is 3. The summed E-state index contributed by atoms with van der Waals surface area (Å²) in [5.74, 6) is -3.06. The third kappa shape index (κ3) is 2.69. The van der Waals surface area contributed by atoms with Gasteiger partial charge in [-0.25, -0.2) is 0 Å². The first-order chi connectivity index (χ1) is 5.30. The van der Waals surface area contributed by atoms with Crippen LogP contribution in [0.3, 0.4) is 0 Å². The quantitative estimate of drug-likeness (QED) is 0.689. The maximum Gasteiger partial charge on any atom is 0.404 e. The van der Waals surface area contributed by atoms with Crippen molar-refractivity contribution in [3.63, 3.8) is 0 Å². The van der Waals surface area contributed by atoms with E-state index in [1.165, 1.54) is 6.92 Å². The Labute approximate surface area is 67.4 Å². The van der Waals surface area contributed by atoms with Crippen molar-refractivity contribution in [1.82, 2.24) is 0 Å². The van der Waals surface area contributed by atoms with E-state index in [0.29, 0.717) is 0 Å². The molecule has 0 amide bonds. The molecular formula is C6H10F3NO2. The van der Waals surface area contributed by atoms with Crippen LogP contribution in [-0.2, 0) is 4.79 Å². The molecule has 0 rings (SSSR count). The van der Waals surface area contributed by atoms with Gasteiger partial charge >= 0.3 is 12.1 Å². The molecule has 12 heavy (non-hydrogen) atoms. The first kappa shape index (κ1) is 11.2. The van der Waals surface area contributed by atoms with Gasteiger partial charge in [0, 0.05) is 0 Å². The van der Waals surface area contributed by atoms with Gasteiger partial charge in [0.15, 0.2) is 0 Å². The number of carboxylic acid groups (broad SMARTS) is 1. The second-order valence-electron chi connectivity index (χ2n) is 2.42. The van der Waals surface area contributed by atoms with Crippen LogP contribution in [0.25, 0.3) is 0 Å². The zero-order valence-corrected chi connectivity index (χ0v) is 6.43. The van der Waals surface area contributed by atoms with Crippen molar-refractivity contribution in [2.45, 2.75) is 25.6 Å². The zero-order chi connectivity index (χ0) is 9.94. The molecule has 0 saturated carbocycles. The second kappa shape index (κ2) is 3.75. The standard InChI is InChI=1S/C6H10F3NO2/c1-2-3(5(11)12)4(10)6(7,8)9/h3-4H,2,10H2,1H3,(H,11,12)/t3-,4-/m1/s1. The molecule has 0 bridgehead atoms. The Bertz CT molecular complexity index is 169. The van der Waals surface area contributed by atoms with Crippen molar-refractivity contribution in [1.29, 1.82) is 0 Å². The topological polar surface area (TPSA) is 63.3 Å². The van der Waals surface area contributed by atoms with E-state index in [1.54, 1.807) is 0 Å². The molecule has 3 nitrogen and oxygen atoms in total. The van der Waals surface area contributed by atoms with Gasteiger partial charge in [-0.3, -0.25) is 4.79 Å². The van der Waals surface area contributed by atoms with E-state index >= 15 is 0 Å². The Hall–Kier alpha value is -0.780. The molecule has 0 fully saturated rings. The minimum atomic E-state index is -4.64. The molecule has 3 N–H and O–H groups in total. The molecule has 0 aromatic rings. The average Bonchev–Trinajstić information content (AvgIpc) is 1.86. The molecule has 0 aliphatic carbocycles. The Morgan fingerprint density at radius 2 is 2.00 bits per heavy atom. The molecule has 0 saturated heterocycles. The number of carbonyl (C=O) groups is 1. The highest BCUT2D eigenvalue weighted by atomic mass is 19.4. The van der Waals surface area contributed by atoms with Crippen LogP contribution in [0.1, 0.15) is 13.3 Å². The largest absolute Gasteiger partial charge is 0.481 e. The summed E-state index contributed by atoms with van der Waals surface area (Å²) in [7, 11) is 0. The Morgan fingerprint density at radius 3 is 2.08 bits per heavy atom. The van der Waals surface area contributed by atoms with Gasteiger partial charge in [-0.15, -0.1) is 0 Å². The summed E-state index contributed by atoms with van der Waals surface area (Å²) >= 11 is 0. The van der Waals surface area contributed by atoms with Gasteiger partial charge in [-0.05, 0) is 6.42 Å². The fraction of sp³-hybridized carbons (Fsp3) is 0.833. The molecule has 6 heteroatoms. The summed E-state index contributed by atoms with van der Waals surface area (Å²) < 4.78 is 35.6. The number of carboxylic acids is 1. The number of nitrogens with two attached hydrogens (primary N) is 1. The molecule has 0 radical (unpaired) electrons. The van der Waals surface area contributed by atoms with Crippen LogP contribution in [0, 0.1) is 5.92 Å². The molecule has 0 aliphatic heterocycles. The fourth-order valence-corrected chi connectivity index (χ4v) is 0.810. The highest BCUT2D eigenvalue weighted by Gasteiger charge is 2.44. The first-order valence-corrected chi connectivity index (χ1v) is 3.35. The Kier molecular flexibility index (Phi) is 3.51. The number of alkyl halides is 3. The van der Waals surface area contributed by atoms with Gasteiger partial charge in [-0.2, -0.15) is 13.2 Å². The van der Waals surface area contributed by atoms with Gasteiger partial charge in [0.1, 0.15) is 6.04 Å². The summed E-state index contributed by atoms with van der Waals surface area (Å²) in [5.41, 5.74) is 4.70. The zero-order valence-electron chi connectivity index (χ0n) is 6.43. The monoisotopic (exact) mass is 185 g/mol. The molecule has 0 heterocycles. The van der Waals surface area contributed by atoms with Crippen molar-refractivity contribution in [3.05, 3.63) is 0 Å². The number of halogens is 3. The van der Waals surface area contributed by atoms with Crippen LogP contribution in [-0.4, -0.2) is 23.3 Å². The molecule has 0 spiro atoms. The van der Waals surface area contributed by atoms with Crippen molar-refractivity contribution in [2.24, 2.45) is 11.7 Å². The third-order valence-electron chi connectivity index (χ3n) is 1.57. The van der Waals surface area contributed by atoms with Crippen molar-refractivity contribution < 1.29 is 23.1 Å². The van der Waals surface area contributed by atoms with Gasteiger partial charge in [0.25, 0.3) is 0 Å². The highest BCUT2D eigenvalue weighted by molar-refractivity contribution is 5.70. The van der Waals surface area contributed by atoms with Crippen LogP contribution in [0.5, 0.6) is 0 Å². The second-order valence-corrected chi connectivity index (χ2v) is 2.42. The molecule has 2 atom stereocenters. The minimum Gasteiger partial charge on any atom is -0.481 e.